The van der Waals surface area contributed by atoms with E-state index in [1.807, 2.05) is 0 Å². The van der Waals surface area contributed by atoms with E-state index in [0.717, 1.165) is 24.3 Å². The van der Waals surface area contributed by atoms with Gasteiger partial charge < -0.3 is 4.74 Å². The lowest BCUT2D eigenvalue weighted by molar-refractivity contribution is 0.102. The Labute approximate surface area is 121 Å². The fraction of sp³-hybridized carbons (Fsp3) is 0.333. The summed E-state index contributed by atoms with van der Waals surface area (Å²) in [7, 11) is 1.61. The number of amides is 1. The maximum Gasteiger partial charge on any atom is 0.257 e. The molecule has 1 aromatic heterocycles. The summed E-state index contributed by atoms with van der Waals surface area (Å²) in [5.41, 5.74) is 1.77. The zero-order chi connectivity index (χ0) is 13.9. The molecule has 0 atom stereocenters. The first-order chi connectivity index (χ1) is 9.76. The van der Waals surface area contributed by atoms with Crippen LogP contribution in [0.5, 0.6) is 5.75 Å². The van der Waals surface area contributed by atoms with E-state index in [1.54, 1.807) is 42.7 Å². The second-order valence-electron chi connectivity index (χ2n) is 4.78. The van der Waals surface area contributed by atoms with E-state index in [4.69, 9.17) is 4.74 Å². The van der Waals surface area contributed by atoms with Gasteiger partial charge in [-0.3, -0.25) is 10.1 Å². The van der Waals surface area contributed by atoms with Gasteiger partial charge in [0.15, 0.2) is 5.13 Å². The molecule has 3 rings (SSSR count). The van der Waals surface area contributed by atoms with Gasteiger partial charge in [-0.25, -0.2) is 4.98 Å². The van der Waals surface area contributed by atoms with Crippen LogP contribution in [0.2, 0.25) is 0 Å². The van der Waals surface area contributed by atoms with Crippen LogP contribution in [-0.4, -0.2) is 18.0 Å². The molecule has 0 bridgehead atoms. The number of hydrogen-bond acceptors (Lipinski definition) is 4. The van der Waals surface area contributed by atoms with E-state index in [9.17, 15) is 4.79 Å². The van der Waals surface area contributed by atoms with Crippen molar-refractivity contribution >= 4 is 22.4 Å². The molecule has 1 aliphatic rings. The second kappa shape index (κ2) is 5.63. The number of carbonyl (C=O) groups is 1. The summed E-state index contributed by atoms with van der Waals surface area (Å²) in [4.78, 5) is 18.0. The number of nitrogens with one attached hydrogen (secondary N) is 1. The predicted octanol–water partition coefficient (Wildman–Crippen LogP) is 3.28. The molecular formula is C15H16N2O2S. The molecule has 1 aliphatic carbocycles. The van der Waals surface area contributed by atoms with Gasteiger partial charge in [-0.15, -0.1) is 11.3 Å². The summed E-state index contributed by atoms with van der Waals surface area (Å²) in [6, 6.07) is 7.06. The van der Waals surface area contributed by atoms with Crippen molar-refractivity contribution in [2.45, 2.75) is 25.7 Å². The number of carbonyl (C=O) groups excluding carboxylic acids is 1. The molecule has 4 nitrogen and oxygen atoms in total. The van der Waals surface area contributed by atoms with E-state index in [1.165, 1.54) is 17.7 Å². The van der Waals surface area contributed by atoms with Gasteiger partial charge in [0.2, 0.25) is 0 Å². The molecule has 20 heavy (non-hydrogen) atoms. The number of anilines is 1. The molecule has 0 saturated carbocycles. The SMILES string of the molecule is COc1ccc(C(=O)Nc2nc3c(s2)CCCC3)cc1. The van der Waals surface area contributed by atoms with Crippen molar-refractivity contribution in [3.63, 3.8) is 0 Å². The first kappa shape index (κ1) is 13.1. The first-order valence-electron chi connectivity index (χ1n) is 6.70. The number of nitrogens with zero attached hydrogens (tertiary/aromatic N) is 1. The second-order valence-corrected chi connectivity index (χ2v) is 5.86. The Bertz CT molecular complexity index is 596. The zero-order valence-corrected chi connectivity index (χ0v) is 12.1. The highest BCUT2D eigenvalue weighted by Crippen LogP contribution is 2.29. The molecule has 2 aromatic rings. The van der Waals surface area contributed by atoms with Crippen LogP contribution < -0.4 is 10.1 Å². The van der Waals surface area contributed by atoms with Crippen molar-refractivity contribution in [2.75, 3.05) is 12.4 Å². The Morgan fingerprint density at radius 2 is 2.00 bits per heavy atom. The third-order valence-electron chi connectivity index (χ3n) is 3.42. The minimum atomic E-state index is -0.126. The Morgan fingerprint density at radius 1 is 1.25 bits per heavy atom. The lowest BCUT2D eigenvalue weighted by Crippen LogP contribution is -2.11. The molecule has 104 valence electrons. The van der Waals surface area contributed by atoms with E-state index < -0.39 is 0 Å². The molecule has 0 fully saturated rings. The monoisotopic (exact) mass is 288 g/mol. The van der Waals surface area contributed by atoms with Crippen molar-refractivity contribution in [3.8, 4) is 5.75 Å². The van der Waals surface area contributed by atoms with Crippen molar-refractivity contribution in [3.05, 3.63) is 40.4 Å². The van der Waals surface area contributed by atoms with Gasteiger partial charge in [0.1, 0.15) is 5.75 Å². The van der Waals surface area contributed by atoms with E-state index in [2.05, 4.69) is 10.3 Å². The highest BCUT2D eigenvalue weighted by atomic mass is 32.1. The number of rotatable bonds is 3. The van der Waals surface area contributed by atoms with E-state index >= 15 is 0 Å². The summed E-state index contributed by atoms with van der Waals surface area (Å²) in [6.07, 6.45) is 4.54. The summed E-state index contributed by atoms with van der Waals surface area (Å²) >= 11 is 1.60. The van der Waals surface area contributed by atoms with Crippen molar-refractivity contribution in [1.82, 2.24) is 4.98 Å². The minimum Gasteiger partial charge on any atom is -0.497 e. The number of thiazole rings is 1. The van der Waals surface area contributed by atoms with Gasteiger partial charge >= 0.3 is 0 Å². The Balaban J connectivity index is 1.73. The summed E-state index contributed by atoms with van der Waals surface area (Å²) in [5.74, 6) is 0.616. The number of ether oxygens (including phenoxy) is 1. The molecule has 1 amide bonds. The molecule has 0 radical (unpaired) electrons. The fourth-order valence-corrected chi connectivity index (χ4v) is 3.36. The molecule has 0 saturated heterocycles. The summed E-state index contributed by atoms with van der Waals surface area (Å²) < 4.78 is 5.08. The molecule has 0 unspecified atom stereocenters. The molecule has 5 heteroatoms. The largest absolute Gasteiger partial charge is 0.497 e. The van der Waals surface area contributed by atoms with Crippen LogP contribution in [0.3, 0.4) is 0 Å². The average molecular weight is 288 g/mol. The smallest absolute Gasteiger partial charge is 0.257 e. The van der Waals surface area contributed by atoms with Gasteiger partial charge in [-0.05, 0) is 49.9 Å². The van der Waals surface area contributed by atoms with Gasteiger partial charge in [-0.2, -0.15) is 0 Å². The third-order valence-corrected chi connectivity index (χ3v) is 4.49. The van der Waals surface area contributed by atoms with Crippen LogP contribution in [0, 0.1) is 0 Å². The number of fused-ring (bicyclic) bond motifs is 1. The van der Waals surface area contributed by atoms with Crippen LogP contribution in [0.1, 0.15) is 33.8 Å². The molecule has 1 heterocycles. The van der Waals surface area contributed by atoms with Gasteiger partial charge in [0.25, 0.3) is 5.91 Å². The predicted molar refractivity (Wildman–Crippen MR) is 79.7 cm³/mol. The highest BCUT2D eigenvalue weighted by Gasteiger charge is 2.16. The van der Waals surface area contributed by atoms with Crippen LogP contribution in [0.4, 0.5) is 5.13 Å². The molecule has 1 N–H and O–H groups in total. The van der Waals surface area contributed by atoms with Gasteiger partial charge in [-0.1, -0.05) is 0 Å². The zero-order valence-electron chi connectivity index (χ0n) is 11.3. The van der Waals surface area contributed by atoms with Crippen LogP contribution in [0.25, 0.3) is 0 Å². The number of benzene rings is 1. The third kappa shape index (κ3) is 2.67. The fourth-order valence-electron chi connectivity index (χ4n) is 2.32. The number of aryl methyl sites for hydroxylation is 2. The molecule has 0 spiro atoms. The van der Waals surface area contributed by atoms with E-state index in [0.29, 0.717) is 10.7 Å². The summed E-state index contributed by atoms with van der Waals surface area (Å²) in [5, 5.41) is 3.59. The topological polar surface area (TPSA) is 51.2 Å². The molecule has 1 aromatic carbocycles. The molecular weight excluding hydrogens is 272 g/mol. The minimum absolute atomic E-state index is 0.126. The number of methoxy groups -OCH3 is 1. The Kier molecular flexibility index (Phi) is 3.69. The highest BCUT2D eigenvalue weighted by molar-refractivity contribution is 7.15. The van der Waals surface area contributed by atoms with E-state index in [-0.39, 0.29) is 5.91 Å². The Morgan fingerprint density at radius 3 is 2.70 bits per heavy atom. The van der Waals surface area contributed by atoms with Gasteiger partial charge in [0, 0.05) is 10.4 Å². The Hall–Kier alpha value is -1.88. The first-order valence-corrected chi connectivity index (χ1v) is 7.52. The number of hydrogen-bond donors (Lipinski definition) is 1. The van der Waals surface area contributed by atoms with Crippen molar-refractivity contribution in [2.24, 2.45) is 0 Å². The lowest BCUT2D eigenvalue weighted by atomic mass is 10.0. The van der Waals surface area contributed by atoms with Crippen molar-refractivity contribution in [1.29, 1.82) is 0 Å². The van der Waals surface area contributed by atoms with Gasteiger partial charge in [0.05, 0.1) is 12.8 Å². The average Bonchev–Trinajstić information content (AvgIpc) is 2.89. The number of aromatic nitrogens is 1. The maximum atomic E-state index is 12.1. The van der Waals surface area contributed by atoms with Crippen molar-refractivity contribution < 1.29 is 9.53 Å². The maximum absolute atomic E-state index is 12.1. The quantitative estimate of drug-likeness (QED) is 0.943. The van der Waals surface area contributed by atoms with Crippen LogP contribution in [0.15, 0.2) is 24.3 Å². The van der Waals surface area contributed by atoms with Crippen LogP contribution >= 0.6 is 11.3 Å². The standard InChI is InChI=1S/C15H16N2O2S/c1-19-11-8-6-10(7-9-11)14(18)17-15-16-12-4-2-3-5-13(12)20-15/h6-9H,2-5H2,1H3,(H,16,17,18). The van der Waals surface area contributed by atoms with Crippen LogP contribution in [-0.2, 0) is 12.8 Å². The summed E-state index contributed by atoms with van der Waals surface area (Å²) in [6.45, 7) is 0. The molecule has 0 aliphatic heterocycles. The normalized spacial score (nSPS) is 13.7. The lowest BCUT2D eigenvalue weighted by Gasteiger charge is -2.06.